The Morgan fingerprint density at radius 1 is 0.946 bits per heavy atom. The number of fused-ring (bicyclic) bond motifs is 1. The minimum absolute atomic E-state index is 0.183. The van der Waals surface area contributed by atoms with Gasteiger partial charge in [0.1, 0.15) is 5.82 Å². The van der Waals surface area contributed by atoms with E-state index in [-0.39, 0.29) is 10.7 Å². The Bertz CT molecular complexity index is 1640. The van der Waals surface area contributed by atoms with Crippen molar-refractivity contribution in [3.8, 4) is 0 Å². The summed E-state index contributed by atoms with van der Waals surface area (Å²) in [5.41, 5.74) is 2.48. The van der Waals surface area contributed by atoms with Gasteiger partial charge < -0.3 is 0 Å². The number of aromatic nitrogens is 3. The van der Waals surface area contributed by atoms with Crippen LogP contribution in [0, 0.1) is 9.39 Å². The summed E-state index contributed by atoms with van der Waals surface area (Å²) in [6.45, 7) is 0. The minimum Gasteiger partial charge on any atom is -0.298 e. The minimum atomic E-state index is -3.65. The Balaban J connectivity index is 0.000000176. The number of halogens is 3. The zero-order chi connectivity index (χ0) is 26.4. The van der Waals surface area contributed by atoms with Gasteiger partial charge in [-0.15, -0.1) is 0 Å². The van der Waals surface area contributed by atoms with Gasteiger partial charge in [-0.3, -0.25) is 9.78 Å². The molecule has 0 amide bonds. The van der Waals surface area contributed by atoms with Crippen LogP contribution in [0.4, 0.5) is 4.39 Å². The quantitative estimate of drug-likeness (QED) is 0.159. The van der Waals surface area contributed by atoms with Crippen LogP contribution in [0.25, 0.3) is 11.0 Å². The van der Waals surface area contributed by atoms with Crippen LogP contribution in [0.3, 0.4) is 0 Å². The molecule has 0 N–H and O–H groups in total. The first-order chi connectivity index (χ1) is 17.8. The van der Waals surface area contributed by atoms with Crippen LogP contribution in [-0.4, -0.2) is 28.6 Å². The first-order valence-electron chi connectivity index (χ1n) is 11.1. The maximum atomic E-state index is 13.3. The predicted molar refractivity (Wildman–Crippen MR) is 150 cm³/mol. The molecular weight excluding hydrogens is 628 g/mol. The summed E-state index contributed by atoms with van der Waals surface area (Å²) in [6.07, 6.45) is 6.56. The summed E-state index contributed by atoms with van der Waals surface area (Å²) >= 11 is 7.98. The molecule has 0 unspecified atom stereocenters. The predicted octanol–water partition coefficient (Wildman–Crippen LogP) is 6.35. The third kappa shape index (κ3) is 6.41. The van der Waals surface area contributed by atoms with Gasteiger partial charge in [-0.2, -0.15) is 0 Å². The SMILES string of the molecule is O=Cc1ccc(CCc2ccccc2F)nc1.O=S(=O)(c1ccccc1)n1cc(I)c2cc(Cl)cnc21. The second-order valence-electron chi connectivity index (χ2n) is 7.91. The number of aldehydes is 1. The lowest BCUT2D eigenvalue weighted by atomic mass is 10.1. The van der Waals surface area contributed by atoms with E-state index in [9.17, 15) is 17.6 Å². The fourth-order valence-electron chi connectivity index (χ4n) is 3.52. The summed E-state index contributed by atoms with van der Waals surface area (Å²) in [5, 5.41) is 1.20. The molecule has 6 nitrogen and oxygen atoms in total. The molecule has 0 radical (unpaired) electrons. The molecule has 2 aromatic carbocycles. The number of carbonyl (C=O) groups excluding carboxylic acids is 1. The number of pyridine rings is 2. The maximum Gasteiger partial charge on any atom is 0.269 e. The monoisotopic (exact) mass is 647 g/mol. The molecule has 5 rings (SSSR count). The van der Waals surface area contributed by atoms with Crippen LogP contribution in [0.1, 0.15) is 21.6 Å². The van der Waals surface area contributed by atoms with E-state index in [1.54, 1.807) is 66.9 Å². The van der Waals surface area contributed by atoms with Gasteiger partial charge in [-0.05, 0) is 77.4 Å². The van der Waals surface area contributed by atoms with Crippen molar-refractivity contribution in [2.24, 2.45) is 0 Å². The lowest BCUT2D eigenvalue weighted by Crippen LogP contribution is -2.12. The van der Waals surface area contributed by atoms with Gasteiger partial charge in [-0.1, -0.05) is 48.0 Å². The van der Waals surface area contributed by atoms with Crippen molar-refractivity contribution < 1.29 is 17.6 Å². The largest absolute Gasteiger partial charge is 0.298 e. The smallest absolute Gasteiger partial charge is 0.269 e. The first-order valence-corrected chi connectivity index (χ1v) is 14.0. The van der Waals surface area contributed by atoms with Gasteiger partial charge in [0, 0.05) is 38.8 Å². The van der Waals surface area contributed by atoms with Crippen molar-refractivity contribution in [1.29, 1.82) is 0 Å². The molecule has 0 saturated carbocycles. The van der Waals surface area contributed by atoms with Gasteiger partial charge in [0.05, 0.1) is 9.92 Å². The Kier molecular flexibility index (Phi) is 8.67. The molecule has 3 heterocycles. The molecule has 188 valence electrons. The van der Waals surface area contributed by atoms with Crippen molar-refractivity contribution in [2.75, 3.05) is 0 Å². The van der Waals surface area contributed by atoms with Crippen molar-refractivity contribution in [3.05, 3.63) is 123 Å². The van der Waals surface area contributed by atoms with E-state index in [1.165, 1.54) is 22.4 Å². The molecule has 3 aromatic heterocycles. The summed E-state index contributed by atoms with van der Waals surface area (Å²) in [6, 6.07) is 20.2. The fraction of sp³-hybridized carbons (Fsp3) is 0.0741. The van der Waals surface area contributed by atoms with Gasteiger partial charge in [0.15, 0.2) is 11.9 Å². The topological polar surface area (TPSA) is 81.9 Å². The second kappa shape index (κ2) is 11.9. The van der Waals surface area contributed by atoms with Crippen LogP contribution in [0.5, 0.6) is 0 Å². The van der Waals surface area contributed by atoms with E-state index in [0.29, 0.717) is 34.6 Å². The number of benzene rings is 2. The van der Waals surface area contributed by atoms with Crippen LogP contribution in [-0.2, 0) is 22.9 Å². The molecule has 0 aliphatic rings. The van der Waals surface area contributed by atoms with Crippen molar-refractivity contribution in [2.45, 2.75) is 17.7 Å². The molecule has 0 spiro atoms. The highest BCUT2D eigenvalue weighted by atomic mass is 127. The zero-order valence-electron chi connectivity index (χ0n) is 19.3. The van der Waals surface area contributed by atoms with E-state index < -0.39 is 10.0 Å². The summed E-state index contributed by atoms with van der Waals surface area (Å²) in [5.74, 6) is -0.183. The standard InChI is InChI=1S/C14H12FNO.C13H8ClIN2O2S/c15-14-4-2-1-3-12(14)6-8-13-7-5-11(10-17)9-16-13;14-9-6-11-12(15)8-17(13(11)16-7-9)20(18,19)10-4-2-1-3-5-10/h1-5,7,9-10H,6,8H2;1-8H. The Morgan fingerprint density at radius 2 is 1.68 bits per heavy atom. The van der Waals surface area contributed by atoms with Gasteiger partial charge >= 0.3 is 0 Å². The highest BCUT2D eigenvalue weighted by Crippen LogP contribution is 2.27. The van der Waals surface area contributed by atoms with Crippen LogP contribution < -0.4 is 0 Å². The van der Waals surface area contributed by atoms with Crippen LogP contribution in [0.2, 0.25) is 5.02 Å². The number of carbonyl (C=O) groups is 1. The van der Waals surface area contributed by atoms with Crippen molar-refractivity contribution >= 4 is 61.5 Å². The molecule has 37 heavy (non-hydrogen) atoms. The van der Waals surface area contributed by atoms with Gasteiger partial charge in [-0.25, -0.2) is 21.8 Å². The van der Waals surface area contributed by atoms with Crippen molar-refractivity contribution in [1.82, 2.24) is 13.9 Å². The highest BCUT2D eigenvalue weighted by Gasteiger charge is 2.21. The molecule has 0 aliphatic heterocycles. The molecule has 0 fully saturated rings. The number of aryl methyl sites for hydroxylation is 2. The molecule has 0 saturated heterocycles. The Morgan fingerprint density at radius 3 is 2.35 bits per heavy atom. The highest BCUT2D eigenvalue weighted by molar-refractivity contribution is 14.1. The normalized spacial score (nSPS) is 11.1. The first kappa shape index (κ1) is 26.9. The van der Waals surface area contributed by atoms with E-state index in [0.717, 1.165) is 20.9 Å². The molecular formula is C27H20ClFIN3O3S. The lowest BCUT2D eigenvalue weighted by Gasteiger charge is -2.06. The van der Waals surface area contributed by atoms with E-state index in [1.807, 2.05) is 6.07 Å². The average Bonchev–Trinajstić information content (AvgIpc) is 3.25. The number of hydrogen-bond donors (Lipinski definition) is 0. The fourth-order valence-corrected chi connectivity index (χ4v) is 5.89. The van der Waals surface area contributed by atoms with E-state index in [4.69, 9.17) is 11.6 Å². The summed E-state index contributed by atoms with van der Waals surface area (Å²) in [7, 11) is -3.65. The zero-order valence-corrected chi connectivity index (χ0v) is 23.0. The van der Waals surface area contributed by atoms with E-state index >= 15 is 0 Å². The van der Waals surface area contributed by atoms with Gasteiger partial charge in [0.25, 0.3) is 10.0 Å². The number of rotatable bonds is 6. The second-order valence-corrected chi connectivity index (χ2v) is 11.3. The Hall–Kier alpha value is -3.15. The number of nitrogens with zero attached hydrogens (tertiary/aromatic N) is 3. The summed E-state index contributed by atoms with van der Waals surface area (Å²) < 4.78 is 40.6. The van der Waals surface area contributed by atoms with Gasteiger partial charge in [0.2, 0.25) is 0 Å². The van der Waals surface area contributed by atoms with Crippen LogP contribution in [0.15, 0.2) is 96.3 Å². The lowest BCUT2D eigenvalue weighted by molar-refractivity contribution is 0.112. The molecule has 0 bridgehead atoms. The molecule has 0 atom stereocenters. The van der Waals surface area contributed by atoms with E-state index in [2.05, 4.69) is 32.6 Å². The molecule has 0 aliphatic carbocycles. The molecule has 10 heteroatoms. The third-order valence-corrected chi connectivity index (χ3v) is 8.15. The third-order valence-electron chi connectivity index (χ3n) is 5.42. The summed E-state index contributed by atoms with van der Waals surface area (Å²) in [4.78, 5) is 19.0. The molecule has 5 aromatic rings. The number of hydrogen-bond acceptors (Lipinski definition) is 5. The average molecular weight is 648 g/mol. The van der Waals surface area contributed by atoms with Crippen molar-refractivity contribution in [3.63, 3.8) is 0 Å². The maximum absolute atomic E-state index is 13.3. The van der Waals surface area contributed by atoms with Crippen LogP contribution >= 0.6 is 34.2 Å². The Labute approximate surface area is 232 Å².